The molecule has 1 aliphatic rings. The minimum atomic E-state index is -0.498. The molecule has 1 aromatic rings. The van der Waals surface area contributed by atoms with Crippen molar-refractivity contribution in [1.82, 2.24) is 9.88 Å². The van der Waals surface area contributed by atoms with Gasteiger partial charge in [-0.15, -0.1) is 0 Å². The van der Waals surface area contributed by atoms with Crippen molar-refractivity contribution in [3.05, 3.63) is 30.1 Å². The second-order valence-corrected chi connectivity index (χ2v) is 4.49. The third-order valence-corrected chi connectivity index (χ3v) is 3.12. The third-order valence-electron chi connectivity index (χ3n) is 3.12. The lowest BCUT2D eigenvalue weighted by atomic mass is 9.84. The van der Waals surface area contributed by atoms with Gasteiger partial charge in [-0.3, -0.25) is 9.78 Å². The Hall–Kier alpha value is -1.46. The number of pyridine rings is 1. The summed E-state index contributed by atoms with van der Waals surface area (Å²) in [6.07, 6.45) is 3.44. The van der Waals surface area contributed by atoms with Crippen molar-refractivity contribution in [2.24, 2.45) is 11.1 Å². The topological polar surface area (TPSA) is 68.5 Å². The largest absolute Gasteiger partial charge is 0.379 e. The molecular formula is C12H17N3O2. The van der Waals surface area contributed by atoms with Gasteiger partial charge in [0.05, 0.1) is 13.2 Å². The number of hydrogen-bond donors (Lipinski definition) is 1. The molecule has 0 aromatic carbocycles. The van der Waals surface area contributed by atoms with Crippen molar-refractivity contribution in [2.45, 2.75) is 6.54 Å². The van der Waals surface area contributed by atoms with Gasteiger partial charge in [0.15, 0.2) is 0 Å². The van der Waals surface area contributed by atoms with Gasteiger partial charge >= 0.3 is 0 Å². The van der Waals surface area contributed by atoms with Crippen molar-refractivity contribution >= 4 is 5.91 Å². The van der Waals surface area contributed by atoms with Crippen LogP contribution in [0.15, 0.2) is 24.5 Å². The first-order valence-corrected chi connectivity index (χ1v) is 5.60. The van der Waals surface area contributed by atoms with Gasteiger partial charge in [-0.2, -0.15) is 0 Å². The third kappa shape index (κ3) is 2.30. The Bertz CT molecular complexity index is 384. The van der Waals surface area contributed by atoms with Crippen LogP contribution in [0.5, 0.6) is 0 Å². The van der Waals surface area contributed by atoms with Crippen LogP contribution in [-0.4, -0.2) is 42.6 Å². The van der Waals surface area contributed by atoms with Crippen LogP contribution >= 0.6 is 0 Å². The molecule has 0 saturated carbocycles. The van der Waals surface area contributed by atoms with Gasteiger partial charge < -0.3 is 15.4 Å². The molecule has 1 aromatic heterocycles. The second-order valence-electron chi connectivity index (χ2n) is 4.49. The highest BCUT2D eigenvalue weighted by molar-refractivity contribution is 5.84. The van der Waals surface area contributed by atoms with Gasteiger partial charge in [-0.05, 0) is 17.7 Å². The van der Waals surface area contributed by atoms with E-state index in [0.29, 0.717) is 26.3 Å². The van der Waals surface area contributed by atoms with Gasteiger partial charge in [-0.25, -0.2) is 0 Å². The summed E-state index contributed by atoms with van der Waals surface area (Å²) in [6.45, 7) is 1.78. The highest BCUT2D eigenvalue weighted by Gasteiger charge is 2.46. The molecule has 0 radical (unpaired) electrons. The van der Waals surface area contributed by atoms with Crippen molar-refractivity contribution in [3.63, 3.8) is 0 Å². The van der Waals surface area contributed by atoms with Crippen molar-refractivity contribution in [3.8, 4) is 0 Å². The van der Waals surface area contributed by atoms with Gasteiger partial charge in [-0.1, -0.05) is 0 Å². The summed E-state index contributed by atoms with van der Waals surface area (Å²) in [5, 5.41) is 0. The van der Waals surface area contributed by atoms with Crippen LogP contribution in [0.4, 0.5) is 0 Å². The predicted octanol–water partition coefficient (Wildman–Crippen LogP) is 0.0153. The van der Waals surface area contributed by atoms with Crippen LogP contribution in [0, 0.1) is 5.41 Å². The number of nitrogens with two attached hydrogens (primary N) is 1. The average molecular weight is 235 g/mol. The summed E-state index contributed by atoms with van der Waals surface area (Å²) in [7, 11) is 1.79. The number of hydrogen-bond acceptors (Lipinski definition) is 4. The molecule has 1 saturated heterocycles. The highest BCUT2D eigenvalue weighted by atomic mass is 16.5. The lowest BCUT2D eigenvalue weighted by Crippen LogP contribution is -2.58. The van der Waals surface area contributed by atoms with Gasteiger partial charge in [0.2, 0.25) is 5.91 Å². The zero-order valence-electron chi connectivity index (χ0n) is 9.93. The summed E-state index contributed by atoms with van der Waals surface area (Å²) < 4.78 is 5.11. The number of carbonyl (C=O) groups excluding carboxylic acids is 1. The summed E-state index contributed by atoms with van der Waals surface area (Å²) in [6, 6.07) is 3.80. The Labute approximate surface area is 101 Å². The maximum atomic E-state index is 12.2. The fourth-order valence-corrected chi connectivity index (χ4v) is 1.92. The molecule has 92 valence electrons. The van der Waals surface area contributed by atoms with E-state index >= 15 is 0 Å². The summed E-state index contributed by atoms with van der Waals surface area (Å²) in [5.74, 6) is 0.0584. The molecule has 2 N–H and O–H groups in total. The number of ether oxygens (including phenoxy) is 1. The van der Waals surface area contributed by atoms with Gasteiger partial charge in [0.1, 0.15) is 5.41 Å². The normalized spacial score (nSPS) is 17.3. The Morgan fingerprint density at radius 2 is 2.18 bits per heavy atom. The molecule has 5 nitrogen and oxygen atoms in total. The molecule has 0 unspecified atom stereocenters. The monoisotopic (exact) mass is 235 g/mol. The molecule has 2 heterocycles. The molecule has 0 aliphatic carbocycles. The summed E-state index contributed by atoms with van der Waals surface area (Å²) in [4.78, 5) is 17.9. The molecule has 0 atom stereocenters. The number of carbonyl (C=O) groups is 1. The van der Waals surface area contributed by atoms with Crippen LogP contribution in [0.2, 0.25) is 0 Å². The number of rotatable bonds is 4. The standard InChI is InChI=1S/C12H17N3O2/c1-15(6-10-2-4-14-5-3-10)11(16)12(7-13)8-17-9-12/h2-5H,6-9,13H2,1H3. The van der Waals surface area contributed by atoms with E-state index in [0.717, 1.165) is 5.56 Å². The maximum absolute atomic E-state index is 12.2. The first-order valence-electron chi connectivity index (χ1n) is 5.60. The van der Waals surface area contributed by atoms with Crippen LogP contribution in [-0.2, 0) is 16.1 Å². The van der Waals surface area contributed by atoms with E-state index in [-0.39, 0.29) is 5.91 Å². The molecule has 0 bridgehead atoms. The Balaban J connectivity index is 2.00. The molecule has 5 heteroatoms. The zero-order chi connectivity index (χ0) is 12.3. The lowest BCUT2D eigenvalue weighted by molar-refractivity contribution is -0.169. The van der Waals surface area contributed by atoms with E-state index in [1.165, 1.54) is 0 Å². The van der Waals surface area contributed by atoms with E-state index in [1.54, 1.807) is 24.3 Å². The predicted molar refractivity (Wildman–Crippen MR) is 63.0 cm³/mol. The molecule has 1 aliphatic heterocycles. The van der Waals surface area contributed by atoms with Crippen molar-refractivity contribution < 1.29 is 9.53 Å². The average Bonchev–Trinajstić information content (AvgIpc) is 2.29. The van der Waals surface area contributed by atoms with Gasteiger partial charge in [0, 0.05) is 32.5 Å². The zero-order valence-corrected chi connectivity index (χ0v) is 9.93. The minimum absolute atomic E-state index is 0.0584. The number of amides is 1. The summed E-state index contributed by atoms with van der Waals surface area (Å²) >= 11 is 0. The van der Waals surface area contributed by atoms with Crippen LogP contribution in [0.1, 0.15) is 5.56 Å². The molecule has 1 amide bonds. The first kappa shape index (κ1) is 12.0. The highest BCUT2D eigenvalue weighted by Crippen LogP contribution is 2.28. The van der Waals surface area contributed by atoms with Crippen LogP contribution in [0.3, 0.4) is 0 Å². The number of nitrogens with zero attached hydrogens (tertiary/aromatic N) is 2. The van der Waals surface area contributed by atoms with E-state index in [2.05, 4.69) is 4.98 Å². The molecular weight excluding hydrogens is 218 g/mol. The van der Waals surface area contributed by atoms with Gasteiger partial charge in [0.25, 0.3) is 0 Å². The molecule has 1 fully saturated rings. The fourth-order valence-electron chi connectivity index (χ4n) is 1.92. The van der Waals surface area contributed by atoms with E-state index in [1.807, 2.05) is 12.1 Å². The Morgan fingerprint density at radius 1 is 1.53 bits per heavy atom. The van der Waals surface area contributed by atoms with Crippen LogP contribution in [0.25, 0.3) is 0 Å². The smallest absolute Gasteiger partial charge is 0.234 e. The summed E-state index contributed by atoms with van der Waals surface area (Å²) in [5.41, 5.74) is 6.22. The minimum Gasteiger partial charge on any atom is -0.379 e. The number of aromatic nitrogens is 1. The van der Waals surface area contributed by atoms with E-state index in [9.17, 15) is 4.79 Å². The SMILES string of the molecule is CN(Cc1ccncc1)C(=O)C1(CN)COC1. The van der Waals surface area contributed by atoms with E-state index < -0.39 is 5.41 Å². The Morgan fingerprint density at radius 3 is 2.65 bits per heavy atom. The molecule has 0 spiro atoms. The van der Waals surface area contributed by atoms with Crippen molar-refractivity contribution in [2.75, 3.05) is 26.8 Å². The van der Waals surface area contributed by atoms with Crippen LogP contribution < -0.4 is 5.73 Å². The quantitative estimate of drug-likeness (QED) is 0.798. The second kappa shape index (κ2) is 4.81. The van der Waals surface area contributed by atoms with E-state index in [4.69, 9.17) is 10.5 Å². The molecule has 2 rings (SSSR count). The maximum Gasteiger partial charge on any atom is 0.234 e. The van der Waals surface area contributed by atoms with Crippen molar-refractivity contribution in [1.29, 1.82) is 0 Å². The molecule has 17 heavy (non-hydrogen) atoms. The lowest BCUT2D eigenvalue weighted by Gasteiger charge is -2.41. The Kier molecular flexibility index (Phi) is 3.40. The fraction of sp³-hybridized carbons (Fsp3) is 0.500. The first-order chi connectivity index (χ1) is 8.18.